The molecule has 0 bridgehead atoms. The van der Waals surface area contributed by atoms with Crippen LogP contribution in [0.3, 0.4) is 0 Å². The first-order chi connectivity index (χ1) is 8.69. The highest BCUT2D eigenvalue weighted by Crippen LogP contribution is 2.26. The van der Waals surface area contributed by atoms with Gasteiger partial charge in [0.2, 0.25) is 0 Å². The second kappa shape index (κ2) is 5.67. The third kappa shape index (κ3) is 3.09. The van der Waals surface area contributed by atoms with Gasteiger partial charge in [-0.25, -0.2) is 0 Å². The zero-order chi connectivity index (χ0) is 13.0. The third-order valence-electron chi connectivity index (χ3n) is 3.49. The molecule has 0 aliphatic heterocycles. The number of carboxylic acids is 1. The summed E-state index contributed by atoms with van der Waals surface area (Å²) in [4.78, 5) is 21.4. The van der Waals surface area contributed by atoms with Gasteiger partial charge in [0, 0.05) is 17.3 Å². The van der Waals surface area contributed by atoms with E-state index in [1.807, 2.05) is 12.1 Å². The van der Waals surface area contributed by atoms with E-state index >= 15 is 0 Å². The summed E-state index contributed by atoms with van der Waals surface area (Å²) in [5.74, 6) is -0.857. The Hall–Kier alpha value is -1.84. The number of aldehydes is 1. The molecule has 0 unspecified atom stereocenters. The lowest BCUT2D eigenvalue weighted by Gasteiger charge is -2.27. The summed E-state index contributed by atoms with van der Waals surface area (Å²) in [7, 11) is 0. The average molecular weight is 247 g/mol. The molecular weight excluding hydrogens is 230 g/mol. The minimum Gasteiger partial charge on any atom is -0.481 e. The molecule has 0 amide bonds. The lowest BCUT2D eigenvalue weighted by atomic mass is 9.86. The first-order valence-electron chi connectivity index (χ1n) is 6.23. The van der Waals surface area contributed by atoms with Gasteiger partial charge in [0.15, 0.2) is 0 Å². The number of hydrogen-bond acceptors (Lipinski definition) is 3. The molecule has 0 aromatic heterocycles. The van der Waals surface area contributed by atoms with Crippen molar-refractivity contribution in [3.63, 3.8) is 0 Å². The van der Waals surface area contributed by atoms with Crippen molar-refractivity contribution in [1.82, 2.24) is 0 Å². The van der Waals surface area contributed by atoms with Crippen LogP contribution in [0.4, 0.5) is 5.69 Å². The first kappa shape index (κ1) is 12.6. The fourth-order valence-electron chi connectivity index (χ4n) is 2.38. The maximum atomic E-state index is 10.8. The molecule has 1 aromatic rings. The van der Waals surface area contributed by atoms with Crippen LogP contribution in [0.2, 0.25) is 0 Å². The van der Waals surface area contributed by atoms with Gasteiger partial charge >= 0.3 is 5.97 Å². The van der Waals surface area contributed by atoms with Crippen molar-refractivity contribution in [2.24, 2.45) is 5.92 Å². The molecule has 1 aliphatic rings. The molecular formula is C14H17NO3. The molecule has 2 N–H and O–H groups in total. The predicted octanol–water partition coefficient (Wildman–Crippen LogP) is 2.55. The maximum absolute atomic E-state index is 10.8. The van der Waals surface area contributed by atoms with Gasteiger partial charge in [-0.15, -0.1) is 0 Å². The summed E-state index contributed by atoms with van der Waals surface area (Å²) < 4.78 is 0. The second-order valence-electron chi connectivity index (χ2n) is 4.77. The van der Waals surface area contributed by atoms with E-state index in [-0.39, 0.29) is 5.92 Å². The Balaban J connectivity index is 1.87. The van der Waals surface area contributed by atoms with E-state index in [2.05, 4.69) is 5.32 Å². The number of nitrogens with one attached hydrogen (secondary N) is 1. The predicted molar refractivity (Wildman–Crippen MR) is 68.8 cm³/mol. The van der Waals surface area contributed by atoms with Crippen molar-refractivity contribution in [1.29, 1.82) is 0 Å². The van der Waals surface area contributed by atoms with Crippen molar-refractivity contribution in [2.45, 2.75) is 31.7 Å². The summed E-state index contributed by atoms with van der Waals surface area (Å²) in [5, 5.41) is 12.3. The van der Waals surface area contributed by atoms with Crippen molar-refractivity contribution >= 4 is 17.9 Å². The fourth-order valence-corrected chi connectivity index (χ4v) is 2.38. The highest BCUT2D eigenvalue weighted by atomic mass is 16.4. The molecule has 4 nitrogen and oxygen atoms in total. The molecule has 0 spiro atoms. The van der Waals surface area contributed by atoms with E-state index in [1.54, 1.807) is 12.1 Å². The summed E-state index contributed by atoms with van der Waals surface area (Å²) in [6, 6.07) is 7.65. The molecule has 2 rings (SSSR count). The monoisotopic (exact) mass is 247 g/mol. The van der Waals surface area contributed by atoms with Crippen LogP contribution in [0.5, 0.6) is 0 Å². The van der Waals surface area contributed by atoms with Gasteiger partial charge < -0.3 is 10.4 Å². The van der Waals surface area contributed by atoms with Crippen LogP contribution in [0.25, 0.3) is 0 Å². The quantitative estimate of drug-likeness (QED) is 0.802. The van der Waals surface area contributed by atoms with E-state index in [9.17, 15) is 9.59 Å². The van der Waals surface area contributed by atoms with Gasteiger partial charge in [0.05, 0.1) is 5.92 Å². The van der Waals surface area contributed by atoms with Crippen molar-refractivity contribution in [3.8, 4) is 0 Å². The lowest BCUT2D eigenvalue weighted by molar-refractivity contribution is -0.142. The summed E-state index contributed by atoms with van der Waals surface area (Å²) in [6.07, 6.45) is 4.06. The van der Waals surface area contributed by atoms with Gasteiger partial charge in [-0.1, -0.05) is 0 Å². The number of aliphatic carboxylic acids is 1. The van der Waals surface area contributed by atoms with Crippen molar-refractivity contribution < 1.29 is 14.7 Å². The van der Waals surface area contributed by atoms with Gasteiger partial charge in [-0.3, -0.25) is 9.59 Å². The van der Waals surface area contributed by atoms with Crippen LogP contribution in [-0.2, 0) is 4.79 Å². The topological polar surface area (TPSA) is 66.4 Å². The van der Waals surface area contributed by atoms with Crippen LogP contribution in [0.15, 0.2) is 24.3 Å². The largest absolute Gasteiger partial charge is 0.481 e. The molecule has 1 saturated carbocycles. The Morgan fingerprint density at radius 2 is 1.78 bits per heavy atom. The van der Waals surface area contributed by atoms with Crippen LogP contribution in [-0.4, -0.2) is 23.4 Å². The van der Waals surface area contributed by atoms with E-state index in [4.69, 9.17) is 5.11 Å². The third-order valence-corrected chi connectivity index (χ3v) is 3.49. The zero-order valence-corrected chi connectivity index (χ0v) is 10.1. The van der Waals surface area contributed by atoms with Crippen LogP contribution in [0, 0.1) is 5.92 Å². The number of carbonyl (C=O) groups is 2. The van der Waals surface area contributed by atoms with E-state index in [1.165, 1.54) is 0 Å². The highest BCUT2D eigenvalue weighted by Gasteiger charge is 2.25. The maximum Gasteiger partial charge on any atom is 0.306 e. The van der Waals surface area contributed by atoms with Gasteiger partial charge in [-0.2, -0.15) is 0 Å². The van der Waals surface area contributed by atoms with Crippen LogP contribution in [0.1, 0.15) is 36.0 Å². The molecule has 1 fully saturated rings. The minimum atomic E-state index is -0.677. The molecule has 4 heteroatoms. The molecule has 0 heterocycles. The Labute approximate surface area is 106 Å². The fraction of sp³-hybridized carbons (Fsp3) is 0.429. The normalized spacial score (nSPS) is 23.3. The standard InChI is InChI=1S/C14H17NO3/c16-9-10-1-5-12(6-2-10)15-13-7-3-11(4-8-13)14(17)18/h1-2,5-6,9,11,13,15H,3-4,7-8H2,(H,17,18). The van der Waals surface area contributed by atoms with Gasteiger partial charge in [-0.05, 0) is 49.9 Å². The number of benzene rings is 1. The molecule has 1 aliphatic carbocycles. The molecule has 96 valence electrons. The molecule has 18 heavy (non-hydrogen) atoms. The Bertz CT molecular complexity index is 419. The van der Waals surface area contributed by atoms with E-state index < -0.39 is 5.97 Å². The average Bonchev–Trinajstić information content (AvgIpc) is 2.40. The first-order valence-corrected chi connectivity index (χ1v) is 6.23. The van der Waals surface area contributed by atoms with Gasteiger partial charge in [0.25, 0.3) is 0 Å². The minimum absolute atomic E-state index is 0.180. The zero-order valence-electron chi connectivity index (χ0n) is 10.1. The molecule has 1 aromatic carbocycles. The number of anilines is 1. The smallest absolute Gasteiger partial charge is 0.306 e. The second-order valence-corrected chi connectivity index (χ2v) is 4.77. The van der Waals surface area contributed by atoms with E-state index in [0.717, 1.165) is 37.7 Å². The number of hydrogen-bond donors (Lipinski definition) is 2. The number of carbonyl (C=O) groups excluding carboxylic acids is 1. The SMILES string of the molecule is O=Cc1ccc(NC2CCC(C(=O)O)CC2)cc1. The summed E-state index contributed by atoms with van der Waals surface area (Å²) in [5.41, 5.74) is 1.65. The molecule has 0 radical (unpaired) electrons. The van der Waals surface area contributed by atoms with Gasteiger partial charge in [0.1, 0.15) is 6.29 Å². The molecule has 0 saturated heterocycles. The Kier molecular flexibility index (Phi) is 3.97. The number of carboxylic acid groups (broad SMARTS) is 1. The van der Waals surface area contributed by atoms with Crippen LogP contribution >= 0.6 is 0 Å². The van der Waals surface area contributed by atoms with Crippen LogP contribution < -0.4 is 5.32 Å². The van der Waals surface area contributed by atoms with Crippen molar-refractivity contribution in [2.75, 3.05) is 5.32 Å². The summed E-state index contributed by atoms with van der Waals surface area (Å²) in [6.45, 7) is 0. The Morgan fingerprint density at radius 3 is 2.28 bits per heavy atom. The number of rotatable bonds is 4. The summed E-state index contributed by atoms with van der Waals surface area (Å²) >= 11 is 0. The van der Waals surface area contributed by atoms with E-state index in [0.29, 0.717) is 11.6 Å². The Morgan fingerprint density at radius 1 is 1.17 bits per heavy atom. The highest BCUT2D eigenvalue weighted by molar-refractivity contribution is 5.75. The van der Waals surface area contributed by atoms with Crippen molar-refractivity contribution in [3.05, 3.63) is 29.8 Å². The molecule has 0 atom stereocenters. The lowest BCUT2D eigenvalue weighted by Crippen LogP contribution is -2.29.